The second kappa shape index (κ2) is 7.16. The minimum Gasteiger partial charge on any atom is -0.493 e. The van der Waals surface area contributed by atoms with Gasteiger partial charge in [0.2, 0.25) is 5.76 Å². The summed E-state index contributed by atoms with van der Waals surface area (Å²) in [5.41, 5.74) is 0.756. The Labute approximate surface area is 113 Å². The Kier molecular flexibility index (Phi) is 5.82. The number of hydrogen-bond acceptors (Lipinski definition) is 3. The lowest BCUT2D eigenvalue weighted by Gasteiger charge is -2.04. The zero-order valence-electron chi connectivity index (χ0n) is 9.35. The van der Waals surface area contributed by atoms with Crippen LogP contribution in [0.15, 0.2) is 30.0 Å². The number of carboxylic acids is 1. The molecule has 0 aromatic heterocycles. The fourth-order valence-electron chi connectivity index (χ4n) is 1.18. The maximum absolute atomic E-state index is 10.7. The number of carboxylic acid groups (broad SMARTS) is 1. The lowest BCUT2D eigenvalue weighted by molar-refractivity contribution is -0.135. The summed E-state index contributed by atoms with van der Waals surface area (Å²) in [6, 6.07) is 7.16. The lowest BCUT2D eigenvalue weighted by atomic mass is 10.2. The Morgan fingerprint density at radius 1 is 1.41 bits per heavy atom. The molecule has 1 aromatic carbocycles. The van der Waals surface area contributed by atoms with Crippen LogP contribution >= 0.6 is 22.6 Å². The van der Waals surface area contributed by atoms with E-state index in [4.69, 9.17) is 14.6 Å². The van der Waals surface area contributed by atoms with Gasteiger partial charge in [0, 0.05) is 4.43 Å². The van der Waals surface area contributed by atoms with Crippen LogP contribution in [0.3, 0.4) is 0 Å². The molecule has 4 nitrogen and oxygen atoms in total. The summed E-state index contributed by atoms with van der Waals surface area (Å²) in [5.74, 6) is -0.406. The van der Waals surface area contributed by atoms with E-state index in [0.29, 0.717) is 6.61 Å². The van der Waals surface area contributed by atoms with Gasteiger partial charge in [-0.3, -0.25) is 0 Å². The molecule has 0 saturated carbocycles. The second-order valence-corrected chi connectivity index (χ2v) is 4.20. The van der Waals surface area contributed by atoms with E-state index >= 15 is 0 Å². The van der Waals surface area contributed by atoms with Crippen molar-refractivity contribution in [1.82, 2.24) is 0 Å². The minimum absolute atomic E-state index is 0.0917. The first kappa shape index (κ1) is 13.8. The fourth-order valence-corrected chi connectivity index (χ4v) is 1.40. The summed E-state index contributed by atoms with van der Waals surface area (Å²) in [6.45, 7) is 0.661. The number of halogens is 1. The summed E-state index contributed by atoms with van der Waals surface area (Å²) in [5, 5.41) is 8.79. The number of ether oxygens (including phenoxy) is 2. The van der Waals surface area contributed by atoms with Crippen molar-refractivity contribution in [2.24, 2.45) is 0 Å². The van der Waals surface area contributed by atoms with Crippen LogP contribution in [-0.2, 0) is 9.53 Å². The van der Waals surface area contributed by atoms with Crippen molar-refractivity contribution >= 4 is 34.6 Å². The van der Waals surface area contributed by atoms with Crippen molar-refractivity contribution in [2.75, 3.05) is 18.1 Å². The molecule has 0 bridgehead atoms. The summed E-state index contributed by atoms with van der Waals surface area (Å²) in [4.78, 5) is 10.7. The number of rotatable bonds is 6. The number of methoxy groups -OCH3 is 1. The Hall–Kier alpha value is -1.24. The Morgan fingerprint density at radius 2 is 2.06 bits per heavy atom. The highest BCUT2D eigenvalue weighted by Crippen LogP contribution is 2.15. The molecule has 0 aliphatic carbocycles. The molecule has 0 amide bonds. The molecule has 0 radical (unpaired) electrons. The van der Waals surface area contributed by atoms with E-state index in [0.717, 1.165) is 15.7 Å². The van der Waals surface area contributed by atoms with E-state index in [9.17, 15) is 4.79 Å². The smallest absolute Gasteiger partial charge is 0.371 e. The molecule has 1 aromatic rings. The van der Waals surface area contributed by atoms with Gasteiger partial charge in [-0.05, 0) is 23.8 Å². The molecule has 0 spiro atoms. The van der Waals surface area contributed by atoms with E-state index in [1.165, 1.54) is 13.2 Å². The van der Waals surface area contributed by atoms with E-state index in [-0.39, 0.29) is 5.76 Å². The van der Waals surface area contributed by atoms with Gasteiger partial charge in [-0.15, -0.1) is 0 Å². The van der Waals surface area contributed by atoms with E-state index in [1.807, 2.05) is 0 Å². The van der Waals surface area contributed by atoms with Gasteiger partial charge in [0.25, 0.3) is 0 Å². The molecular weight excluding hydrogens is 335 g/mol. The average molecular weight is 348 g/mol. The molecule has 92 valence electrons. The topological polar surface area (TPSA) is 55.8 Å². The van der Waals surface area contributed by atoms with Crippen molar-refractivity contribution in [1.29, 1.82) is 0 Å². The van der Waals surface area contributed by atoms with Crippen LogP contribution in [0.4, 0.5) is 0 Å². The Morgan fingerprint density at radius 3 is 2.53 bits per heavy atom. The maximum atomic E-state index is 10.7. The molecular formula is C12H13IO4. The third-order valence-electron chi connectivity index (χ3n) is 1.95. The molecule has 17 heavy (non-hydrogen) atoms. The maximum Gasteiger partial charge on any atom is 0.371 e. The molecule has 0 aliphatic heterocycles. The highest BCUT2D eigenvalue weighted by Gasteiger charge is 2.06. The molecule has 5 heteroatoms. The summed E-state index contributed by atoms with van der Waals surface area (Å²) in [6.07, 6.45) is 1.46. The Bertz CT molecular complexity index is 397. The third-order valence-corrected chi connectivity index (χ3v) is 2.39. The van der Waals surface area contributed by atoms with Gasteiger partial charge in [0.1, 0.15) is 5.75 Å². The normalized spacial score (nSPS) is 11.1. The standard InChI is InChI=1S/C12H13IO4/c1-16-11(12(14)15)8-9-2-4-10(5-3-9)17-7-6-13/h2-5,8H,6-7H2,1H3,(H,14,15)/b11-8-. The molecule has 0 fully saturated rings. The first-order chi connectivity index (χ1) is 8.17. The van der Waals surface area contributed by atoms with E-state index in [2.05, 4.69) is 22.6 Å². The SMILES string of the molecule is CO/C(=C\c1ccc(OCCI)cc1)C(=O)O. The number of aliphatic carboxylic acids is 1. The van der Waals surface area contributed by atoms with Gasteiger partial charge < -0.3 is 14.6 Å². The first-order valence-corrected chi connectivity index (χ1v) is 6.47. The number of hydrogen-bond donors (Lipinski definition) is 1. The van der Waals surface area contributed by atoms with Crippen LogP contribution in [0, 0.1) is 0 Å². The molecule has 0 saturated heterocycles. The lowest BCUT2D eigenvalue weighted by Crippen LogP contribution is -2.02. The van der Waals surface area contributed by atoms with Crippen LogP contribution in [0.5, 0.6) is 5.75 Å². The first-order valence-electron chi connectivity index (χ1n) is 4.95. The van der Waals surface area contributed by atoms with Gasteiger partial charge in [-0.2, -0.15) is 0 Å². The monoisotopic (exact) mass is 348 g/mol. The fraction of sp³-hybridized carbons (Fsp3) is 0.250. The van der Waals surface area contributed by atoms with Crippen molar-refractivity contribution in [3.63, 3.8) is 0 Å². The van der Waals surface area contributed by atoms with Gasteiger partial charge >= 0.3 is 5.97 Å². The second-order valence-electron chi connectivity index (χ2n) is 3.12. The molecule has 0 atom stereocenters. The van der Waals surface area contributed by atoms with Crippen molar-refractivity contribution in [3.8, 4) is 5.75 Å². The van der Waals surface area contributed by atoms with Gasteiger partial charge in [-0.1, -0.05) is 34.7 Å². The van der Waals surface area contributed by atoms with Gasteiger partial charge in [-0.25, -0.2) is 4.79 Å². The highest BCUT2D eigenvalue weighted by molar-refractivity contribution is 14.1. The predicted octanol–water partition coefficient (Wildman–Crippen LogP) is 2.57. The zero-order chi connectivity index (χ0) is 12.7. The van der Waals surface area contributed by atoms with Crippen LogP contribution in [0.2, 0.25) is 0 Å². The summed E-state index contributed by atoms with van der Waals surface area (Å²) < 4.78 is 11.1. The summed E-state index contributed by atoms with van der Waals surface area (Å²) in [7, 11) is 1.33. The largest absolute Gasteiger partial charge is 0.493 e. The van der Waals surface area contributed by atoms with E-state index < -0.39 is 5.97 Å². The van der Waals surface area contributed by atoms with Crippen LogP contribution in [0.25, 0.3) is 6.08 Å². The van der Waals surface area contributed by atoms with Crippen LogP contribution < -0.4 is 4.74 Å². The van der Waals surface area contributed by atoms with Crippen molar-refractivity contribution in [2.45, 2.75) is 0 Å². The van der Waals surface area contributed by atoms with Crippen molar-refractivity contribution in [3.05, 3.63) is 35.6 Å². The average Bonchev–Trinajstić information content (AvgIpc) is 2.34. The van der Waals surface area contributed by atoms with Crippen LogP contribution in [0.1, 0.15) is 5.56 Å². The molecule has 0 aliphatic rings. The quantitative estimate of drug-likeness (QED) is 0.372. The molecule has 0 heterocycles. The molecule has 0 unspecified atom stereocenters. The third kappa shape index (κ3) is 4.64. The molecule has 1 N–H and O–H groups in total. The van der Waals surface area contributed by atoms with Gasteiger partial charge in [0.05, 0.1) is 13.7 Å². The summed E-state index contributed by atoms with van der Waals surface area (Å²) >= 11 is 2.23. The highest BCUT2D eigenvalue weighted by atomic mass is 127. The van der Waals surface area contributed by atoms with Crippen molar-refractivity contribution < 1.29 is 19.4 Å². The molecule has 1 rings (SSSR count). The number of carbonyl (C=O) groups is 1. The minimum atomic E-state index is -1.09. The van der Waals surface area contributed by atoms with E-state index in [1.54, 1.807) is 24.3 Å². The van der Waals surface area contributed by atoms with Crippen LogP contribution in [-0.4, -0.2) is 29.2 Å². The van der Waals surface area contributed by atoms with Gasteiger partial charge in [0.15, 0.2) is 0 Å². The number of alkyl halides is 1. The number of benzene rings is 1. The zero-order valence-corrected chi connectivity index (χ0v) is 11.5. The predicted molar refractivity (Wildman–Crippen MR) is 73.4 cm³/mol. The Balaban J connectivity index is 2.76.